The van der Waals surface area contributed by atoms with Crippen molar-refractivity contribution in [3.8, 4) is 5.75 Å². The Bertz CT molecular complexity index is 358. The summed E-state index contributed by atoms with van der Waals surface area (Å²) in [6.07, 6.45) is 2.43. The normalized spacial score (nSPS) is 10.9. The summed E-state index contributed by atoms with van der Waals surface area (Å²) < 4.78 is 6.49. The Morgan fingerprint density at radius 2 is 2.11 bits per heavy atom. The Balaban J connectivity index is 2.47. The maximum Gasteiger partial charge on any atom is 0.123 e. The monoisotopic (exact) mass is 314 g/mol. The first-order chi connectivity index (χ1) is 8.67. The molecule has 0 amide bonds. The highest BCUT2D eigenvalue weighted by molar-refractivity contribution is 9.10. The van der Waals surface area contributed by atoms with Gasteiger partial charge in [-0.2, -0.15) is 0 Å². The zero-order valence-electron chi connectivity index (χ0n) is 11.5. The third-order valence-electron chi connectivity index (χ3n) is 2.90. The minimum atomic E-state index is 0.919. The maximum atomic E-state index is 5.39. The topological polar surface area (TPSA) is 24.5 Å². The van der Waals surface area contributed by atoms with Gasteiger partial charge in [0.1, 0.15) is 5.75 Å². The molecule has 0 aliphatic heterocycles. The Kier molecular flexibility index (Phi) is 7.32. The number of ether oxygens (including phenoxy) is 1. The molecule has 0 fully saturated rings. The fraction of sp³-hybridized carbons (Fsp3) is 0.571. The van der Waals surface area contributed by atoms with Gasteiger partial charge in [-0.05, 0) is 58.2 Å². The molecule has 102 valence electrons. The predicted molar refractivity (Wildman–Crippen MR) is 80.2 cm³/mol. The minimum Gasteiger partial charge on any atom is -0.496 e. The van der Waals surface area contributed by atoms with Crippen molar-refractivity contribution >= 4 is 15.9 Å². The molecule has 18 heavy (non-hydrogen) atoms. The van der Waals surface area contributed by atoms with Crippen LogP contribution in [0.25, 0.3) is 0 Å². The standard InChI is InChI=1S/C14H23BrN2O/c1-16-8-4-5-9-17(2)11-12-10-13(15)6-7-14(12)18-3/h6-7,10,16H,4-5,8-9,11H2,1-3H3. The van der Waals surface area contributed by atoms with E-state index >= 15 is 0 Å². The first-order valence-corrected chi connectivity index (χ1v) is 7.12. The number of unbranched alkanes of at least 4 members (excludes halogenated alkanes) is 1. The smallest absolute Gasteiger partial charge is 0.123 e. The highest BCUT2D eigenvalue weighted by atomic mass is 79.9. The van der Waals surface area contributed by atoms with Crippen LogP contribution in [0.15, 0.2) is 22.7 Å². The van der Waals surface area contributed by atoms with Crippen molar-refractivity contribution in [1.82, 2.24) is 10.2 Å². The fourth-order valence-electron chi connectivity index (χ4n) is 1.92. The van der Waals surface area contributed by atoms with E-state index in [1.165, 1.54) is 18.4 Å². The first-order valence-electron chi connectivity index (χ1n) is 6.33. The molecule has 1 N–H and O–H groups in total. The second kappa shape index (κ2) is 8.51. The minimum absolute atomic E-state index is 0.919. The van der Waals surface area contributed by atoms with Gasteiger partial charge in [0, 0.05) is 16.6 Å². The molecule has 0 saturated heterocycles. The third-order valence-corrected chi connectivity index (χ3v) is 3.39. The molecule has 0 heterocycles. The lowest BCUT2D eigenvalue weighted by atomic mass is 10.2. The number of nitrogens with one attached hydrogen (secondary N) is 1. The number of hydrogen-bond donors (Lipinski definition) is 1. The molecule has 0 aliphatic rings. The highest BCUT2D eigenvalue weighted by Gasteiger charge is 2.06. The van der Waals surface area contributed by atoms with Crippen LogP contribution in [0.3, 0.4) is 0 Å². The van der Waals surface area contributed by atoms with Crippen LogP contribution in [0.2, 0.25) is 0 Å². The largest absolute Gasteiger partial charge is 0.496 e. The van der Waals surface area contributed by atoms with Gasteiger partial charge < -0.3 is 15.0 Å². The van der Waals surface area contributed by atoms with E-state index < -0.39 is 0 Å². The SMILES string of the molecule is CNCCCCN(C)Cc1cc(Br)ccc1OC. The molecule has 1 aromatic rings. The van der Waals surface area contributed by atoms with E-state index in [4.69, 9.17) is 4.74 Å². The summed E-state index contributed by atoms with van der Waals surface area (Å²) in [5.74, 6) is 0.959. The number of rotatable bonds is 8. The quantitative estimate of drug-likeness (QED) is 0.747. The van der Waals surface area contributed by atoms with Crippen LogP contribution < -0.4 is 10.1 Å². The number of benzene rings is 1. The van der Waals surface area contributed by atoms with Crippen LogP contribution in [-0.4, -0.2) is 39.2 Å². The van der Waals surface area contributed by atoms with Crippen LogP contribution >= 0.6 is 15.9 Å². The van der Waals surface area contributed by atoms with Crippen molar-refractivity contribution in [3.63, 3.8) is 0 Å². The van der Waals surface area contributed by atoms with Gasteiger partial charge in [0.05, 0.1) is 7.11 Å². The van der Waals surface area contributed by atoms with Crippen LogP contribution in [-0.2, 0) is 6.54 Å². The number of methoxy groups -OCH3 is 1. The van der Waals surface area contributed by atoms with Gasteiger partial charge in [-0.1, -0.05) is 15.9 Å². The lowest BCUT2D eigenvalue weighted by Gasteiger charge is -2.18. The van der Waals surface area contributed by atoms with Gasteiger partial charge in [0.15, 0.2) is 0 Å². The van der Waals surface area contributed by atoms with Crippen LogP contribution in [0.4, 0.5) is 0 Å². The molecule has 3 nitrogen and oxygen atoms in total. The maximum absolute atomic E-state index is 5.39. The van der Waals surface area contributed by atoms with Gasteiger partial charge in [0.25, 0.3) is 0 Å². The lowest BCUT2D eigenvalue weighted by Crippen LogP contribution is -2.20. The molecule has 0 unspecified atom stereocenters. The van der Waals surface area contributed by atoms with E-state index in [1.807, 2.05) is 19.2 Å². The molecule has 0 bridgehead atoms. The van der Waals surface area contributed by atoms with Crippen molar-refractivity contribution in [2.45, 2.75) is 19.4 Å². The van der Waals surface area contributed by atoms with E-state index in [-0.39, 0.29) is 0 Å². The van der Waals surface area contributed by atoms with Crippen molar-refractivity contribution in [1.29, 1.82) is 0 Å². The molecule has 0 saturated carbocycles. The molecule has 0 aromatic heterocycles. The second-order valence-electron chi connectivity index (χ2n) is 4.50. The molecule has 0 aliphatic carbocycles. The Labute approximate surface area is 119 Å². The predicted octanol–water partition coefficient (Wildman–Crippen LogP) is 2.89. The summed E-state index contributed by atoms with van der Waals surface area (Å²) in [5, 5.41) is 3.17. The number of halogens is 1. The zero-order chi connectivity index (χ0) is 13.4. The van der Waals surface area contributed by atoms with Gasteiger partial charge in [-0.15, -0.1) is 0 Å². The van der Waals surface area contributed by atoms with Gasteiger partial charge in [-0.25, -0.2) is 0 Å². The molecule has 0 radical (unpaired) electrons. The molecule has 4 heteroatoms. The van der Waals surface area contributed by atoms with E-state index in [2.05, 4.69) is 39.3 Å². The third kappa shape index (κ3) is 5.38. The fourth-order valence-corrected chi connectivity index (χ4v) is 2.33. The highest BCUT2D eigenvalue weighted by Crippen LogP contribution is 2.24. The van der Waals surface area contributed by atoms with Crippen molar-refractivity contribution in [3.05, 3.63) is 28.2 Å². The van der Waals surface area contributed by atoms with Crippen LogP contribution in [0, 0.1) is 0 Å². The summed E-state index contributed by atoms with van der Waals surface area (Å²) in [7, 11) is 5.87. The summed E-state index contributed by atoms with van der Waals surface area (Å²) in [5.41, 5.74) is 1.22. The molecule has 0 spiro atoms. The molecule has 0 atom stereocenters. The lowest BCUT2D eigenvalue weighted by molar-refractivity contribution is 0.310. The summed E-state index contributed by atoms with van der Waals surface area (Å²) in [4.78, 5) is 2.33. The molecule has 1 aromatic carbocycles. The van der Waals surface area contributed by atoms with Crippen molar-refractivity contribution < 1.29 is 4.74 Å². The Morgan fingerprint density at radius 1 is 1.33 bits per heavy atom. The van der Waals surface area contributed by atoms with Crippen LogP contribution in [0.1, 0.15) is 18.4 Å². The molecule has 1 rings (SSSR count). The van der Waals surface area contributed by atoms with E-state index in [0.717, 1.165) is 29.9 Å². The van der Waals surface area contributed by atoms with E-state index in [0.29, 0.717) is 0 Å². The number of hydrogen-bond acceptors (Lipinski definition) is 3. The Morgan fingerprint density at radius 3 is 2.78 bits per heavy atom. The molecular formula is C14H23BrN2O. The zero-order valence-corrected chi connectivity index (χ0v) is 13.1. The van der Waals surface area contributed by atoms with Crippen molar-refractivity contribution in [2.75, 3.05) is 34.3 Å². The van der Waals surface area contributed by atoms with E-state index in [1.54, 1.807) is 7.11 Å². The molecular weight excluding hydrogens is 292 g/mol. The van der Waals surface area contributed by atoms with Crippen LogP contribution in [0.5, 0.6) is 5.75 Å². The van der Waals surface area contributed by atoms with Crippen molar-refractivity contribution in [2.24, 2.45) is 0 Å². The second-order valence-corrected chi connectivity index (χ2v) is 5.42. The van der Waals surface area contributed by atoms with Gasteiger partial charge in [-0.3, -0.25) is 0 Å². The first kappa shape index (κ1) is 15.5. The number of nitrogens with zero attached hydrogens (tertiary/aromatic N) is 1. The average molecular weight is 315 g/mol. The Hall–Kier alpha value is -0.580. The summed E-state index contributed by atoms with van der Waals surface area (Å²) in [6, 6.07) is 6.15. The summed E-state index contributed by atoms with van der Waals surface area (Å²) in [6.45, 7) is 3.12. The van der Waals surface area contributed by atoms with E-state index in [9.17, 15) is 0 Å². The van der Waals surface area contributed by atoms with Gasteiger partial charge >= 0.3 is 0 Å². The average Bonchev–Trinajstić information content (AvgIpc) is 2.35. The van der Waals surface area contributed by atoms with Gasteiger partial charge in [0.2, 0.25) is 0 Å². The summed E-state index contributed by atoms with van der Waals surface area (Å²) >= 11 is 3.51.